The van der Waals surface area contributed by atoms with Gasteiger partial charge in [-0.3, -0.25) is 0 Å². The lowest BCUT2D eigenvalue weighted by Gasteiger charge is -1.94. The van der Waals surface area contributed by atoms with Gasteiger partial charge in [-0.05, 0) is 12.1 Å². The van der Waals surface area contributed by atoms with E-state index in [0.717, 1.165) is 0 Å². The molecule has 0 unspecified atom stereocenters. The Bertz CT molecular complexity index is 590. The molecule has 0 saturated carbocycles. The highest BCUT2D eigenvalue weighted by Gasteiger charge is 2.16. The van der Waals surface area contributed by atoms with Gasteiger partial charge in [-0.1, -0.05) is 6.07 Å². The summed E-state index contributed by atoms with van der Waals surface area (Å²) in [5.41, 5.74) is 0.805. The molecule has 0 aliphatic heterocycles. The average molecular weight is 232 g/mol. The van der Waals surface area contributed by atoms with Gasteiger partial charge in [-0.15, -0.1) is 0 Å². The summed E-state index contributed by atoms with van der Waals surface area (Å²) in [6, 6.07) is 4.65. The van der Waals surface area contributed by atoms with Crippen LogP contribution in [0.1, 0.15) is 0 Å². The number of halogens is 1. The zero-order valence-corrected chi connectivity index (χ0v) is 8.75. The van der Waals surface area contributed by atoms with E-state index in [1.54, 1.807) is 19.2 Å². The maximum atomic E-state index is 11.1. The van der Waals surface area contributed by atoms with Gasteiger partial charge in [0.15, 0.2) is 0 Å². The highest BCUT2D eigenvalue weighted by atomic mass is 35.7. The first-order valence-electron chi connectivity index (χ1n) is 3.73. The topological polar surface area (TPSA) is 64.8 Å². The van der Waals surface area contributed by atoms with Crippen molar-refractivity contribution in [3.63, 3.8) is 0 Å². The van der Waals surface area contributed by atoms with E-state index in [2.05, 4.69) is 10.2 Å². The van der Waals surface area contributed by atoms with E-state index in [1.165, 1.54) is 10.9 Å². The largest absolute Gasteiger partial charge is 0.263 e. The van der Waals surface area contributed by atoms with Crippen LogP contribution in [0.4, 0.5) is 0 Å². The molecule has 14 heavy (non-hydrogen) atoms. The van der Waals surface area contributed by atoms with E-state index < -0.39 is 9.05 Å². The molecule has 0 aliphatic carbocycles. The predicted molar refractivity (Wildman–Crippen MR) is 51.5 cm³/mol. The molecular weight excluding hydrogens is 226 g/mol. The molecule has 0 fully saturated rings. The van der Waals surface area contributed by atoms with Crippen LogP contribution in [0.3, 0.4) is 0 Å². The molecule has 0 amide bonds. The van der Waals surface area contributed by atoms with Gasteiger partial charge in [0.1, 0.15) is 15.9 Å². The number of hydrogen-bond donors (Lipinski definition) is 0. The number of fused-ring (bicyclic) bond motifs is 1. The Balaban J connectivity index is 2.90. The van der Waals surface area contributed by atoms with Gasteiger partial charge in [-0.25, -0.2) is 8.42 Å². The summed E-state index contributed by atoms with van der Waals surface area (Å²) in [5.74, 6) is 0. The van der Waals surface area contributed by atoms with Gasteiger partial charge in [-0.2, -0.15) is 15.0 Å². The Morgan fingerprint density at radius 2 is 2.07 bits per heavy atom. The van der Waals surface area contributed by atoms with Crippen LogP contribution in [0.2, 0.25) is 0 Å². The van der Waals surface area contributed by atoms with Crippen LogP contribution in [0.15, 0.2) is 23.1 Å². The van der Waals surface area contributed by atoms with Gasteiger partial charge in [0, 0.05) is 17.7 Å². The highest BCUT2D eigenvalue weighted by molar-refractivity contribution is 8.14. The lowest BCUT2D eigenvalue weighted by molar-refractivity contribution is 0.610. The Morgan fingerprint density at radius 3 is 2.71 bits per heavy atom. The fourth-order valence-electron chi connectivity index (χ4n) is 1.21. The smallest absolute Gasteiger partial charge is 0.207 e. The Kier molecular flexibility index (Phi) is 1.97. The van der Waals surface area contributed by atoms with Gasteiger partial charge in [0.05, 0.1) is 0 Å². The van der Waals surface area contributed by atoms with E-state index in [0.29, 0.717) is 11.0 Å². The second kappa shape index (κ2) is 2.93. The van der Waals surface area contributed by atoms with Crippen molar-refractivity contribution in [2.75, 3.05) is 0 Å². The summed E-state index contributed by atoms with van der Waals surface area (Å²) in [5, 5.41) is 7.89. The van der Waals surface area contributed by atoms with Crippen molar-refractivity contribution in [1.29, 1.82) is 0 Å². The number of rotatable bonds is 1. The van der Waals surface area contributed by atoms with Crippen LogP contribution in [0.5, 0.6) is 0 Å². The van der Waals surface area contributed by atoms with E-state index in [9.17, 15) is 8.42 Å². The quantitative estimate of drug-likeness (QED) is 0.684. The first kappa shape index (κ1) is 9.42. The minimum atomic E-state index is -3.76. The van der Waals surface area contributed by atoms with Gasteiger partial charge >= 0.3 is 0 Å². The van der Waals surface area contributed by atoms with E-state index in [4.69, 9.17) is 10.7 Å². The molecule has 2 rings (SSSR count). The molecule has 2 aromatic rings. The van der Waals surface area contributed by atoms with Crippen LogP contribution in [-0.2, 0) is 16.1 Å². The molecule has 1 aromatic carbocycles. The Morgan fingerprint density at radius 1 is 1.36 bits per heavy atom. The second-order valence-electron chi connectivity index (χ2n) is 2.75. The Labute approximate surface area is 84.7 Å². The molecule has 1 heterocycles. The fourth-order valence-corrected chi connectivity index (χ4v) is 2.20. The maximum absolute atomic E-state index is 11.1. The molecule has 0 N–H and O–H groups in total. The molecule has 0 spiro atoms. The van der Waals surface area contributed by atoms with Crippen molar-refractivity contribution < 1.29 is 8.42 Å². The molecule has 7 heteroatoms. The number of benzene rings is 1. The summed E-state index contributed by atoms with van der Waals surface area (Å²) in [7, 11) is 3.10. The van der Waals surface area contributed by atoms with Crippen LogP contribution in [0, 0.1) is 0 Å². The molecule has 0 aliphatic rings. The van der Waals surface area contributed by atoms with Crippen molar-refractivity contribution >= 4 is 30.8 Å². The van der Waals surface area contributed by atoms with E-state index in [-0.39, 0.29) is 4.90 Å². The van der Waals surface area contributed by atoms with Crippen molar-refractivity contribution in [3.05, 3.63) is 18.2 Å². The second-order valence-corrected chi connectivity index (χ2v) is 5.29. The molecule has 5 nitrogen and oxygen atoms in total. The van der Waals surface area contributed by atoms with Crippen LogP contribution < -0.4 is 0 Å². The molecule has 1 aromatic heterocycles. The van der Waals surface area contributed by atoms with Crippen molar-refractivity contribution in [1.82, 2.24) is 15.0 Å². The van der Waals surface area contributed by atoms with Crippen LogP contribution in [0.25, 0.3) is 11.0 Å². The van der Waals surface area contributed by atoms with Crippen LogP contribution in [-0.4, -0.2) is 23.4 Å². The number of aromatic nitrogens is 3. The first-order valence-corrected chi connectivity index (χ1v) is 6.04. The zero-order valence-electron chi connectivity index (χ0n) is 7.18. The molecule has 0 bridgehead atoms. The average Bonchev–Trinajstić information content (AvgIpc) is 2.41. The molecular formula is C7H6ClN3O2S. The molecule has 0 atom stereocenters. The third-order valence-electron chi connectivity index (χ3n) is 1.74. The molecule has 0 saturated heterocycles. The predicted octanol–water partition coefficient (Wildman–Crippen LogP) is 0.896. The highest BCUT2D eigenvalue weighted by Crippen LogP contribution is 2.22. The van der Waals surface area contributed by atoms with Crippen molar-refractivity contribution in [2.24, 2.45) is 7.05 Å². The third-order valence-corrected chi connectivity index (χ3v) is 3.09. The van der Waals surface area contributed by atoms with Gasteiger partial charge in [0.2, 0.25) is 0 Å². The summed E-state index contributed by atoms with van der Waals surface area (Å²) in [6.07, 6.45) is 0. The summed E-state index contributed by atoms with van der Waals surface area (Å²) < 4.78 is 22.3. The number of hydrogen-bond acceptors (Lipinski definition) is 4. The lowest BCUT2D eigenvalue weighted by Crippen LogP contribution is -1.93. The fraction of sp³-hybridized carbons (Fsp3) is 0.143. The summed E-state index contributed by atoms with van der Waals surface area (Å²) in [6.45, 7) is 0. The molecule has 0 radical (unpaired) electrons. The molecule has 74 valence electrons. The van der Waals surface area contributed by atoms with E-state index in [1.807, 2.05) is 0 Å². The van der Waals surface area contributed by atoms with Gasteiger partial charge in [0.25, 0.3) is 9.05 Å². The van der Waals surface area contributed by atoms with E-state index >= 15 is 0 Å². The summed E-state index contributed by atoms with van der Waals surface area (Å²) in [4.78, 5) is 1.29. The minimum Gasteiger partial charge on any atom is -0.207 e. The van der Waals surface area contributed by atoms with Crippen molar-refractivity contribution in [2.45, 2.75) is 4.90 Å². The normalized spacial score (nSPS) is 12.1. The van der Waals surface area contributed by atoms with Gasteiger partial charge < -0.3 is 0 Å². The maximum Gasteiger partial charge on any atom is 0.263 e. The number of aryl methyl sites for hydroxylation is 1. The minimum absolute atomic E-state index is 0.00948. The first-order chi connectivity index (χ1) is 6.48. The zero-order chi connectivity index (χ0) is 10.3. The number of nitrogens with zero attached hydrogens (tertiary/aromatic N) is 3. The van der Waals surface area contributed by atoms with Crippen LogP contribution >= 0.6 is 10.7 Å². The SMILES string of the molecule is Cn1nc2cccc(S(=O)(=O)Cl)c2n1. The van der Waals surface area contributed by atoms with Crippen molar-refractivity contribution in [3.8, 4) is 0 Å². The lowest BCUT2D eigenvalue weighted by atomic mass is 10.3. The monoisotopic (exact) mass is 231 g/mol. The Hall–Kier alpha value is -1.14. The summed E-state index contributed by atoms with van der Waals surface area (Å²) >= 11 is 0. The standard InChI is InChI=1S/C7H6ClN3O2S/c1-11-9-5-3-2-4-6(7(5)10-11)14(8,12)13/h2-4H,1H3. The third kappa shape index (κ3) is 1.46.